The van der Waals surface area contributed by atoms with Crippen LogP contribution in [-0.4, -0.2) is 30.5 Å². The average Bonchev–Trinajstić information content (AvgIpc) is 2.62. The lowest BCUT2D eigenvalue weighted by Gasteiger charge is -2.32. The number of likely N-dealkylation sites (tertiary alicyclic amines) is 1. The second-order valence-electron chi connectivity index (χ2n) is 6.62. The van der Waals surface area contributed by atoms with Crippen LogP contribution in [-0.2, 0) is 11.2 Å². The molecule has 1 saturated heterocycles. The van der Waals surface area contributed by atoms with Gasteiger partial charge in [0.1, 0.15) is 5.75 Å². The quantitative estimate of drug-likeness (QED) is 0.836. The minimum absolute atomic E-state index is 0.0914. The highest BCUT2D eigenvalue weighted by Crippen LogP contribution is 2.22. The Morgan fingerprint density at radius 3 is 2.38 bits per heavy atom. The van der Waals surface area contributed by atoms with E-state index in [1.54, 1.807) is 0 Å². The third kappa shape index (κ3) is 4.60. The van der Waals surface area contributed by atoms with Crippen molar-refractivity contribution in [1.82, 2.24) is 4.90 Å². The molecule has 3 heteroatoms. The molecule has 24 heavy (non-hydrogen) atoms. The summed E-state index contributed by atoms with van der Waals surface area (Å²) in [4.78, 5) is 14.2. The maximum absolute atomic E-state index is 12.3. The number of hydrogen-bond acceptors (Lipinski definition) is 2. The molecule has 1 heterocycles. The van der Waals surface area contributed by atoms with Crippen molar-refractivity contribution in [2.75, 3.05) is 19.7 Å². The lowest BCUT2D eigenvalue weighted by molar-refractivity contribution is -0.134. The number of rotatable bonds is 5. The van der Waals surface area contributed by atoms with Gasteiger partial charge in [0, 0.05) is 13.1 Å². The third-order valence-corrected chi connectivity index (χ3v) is 4.72. The van der Waals surface area contributed by atoms with Crippen molar-refractivity contribution in [1.29, 1.82) is 0 Å². The third-order valence-electron chi connectivity index (χ3n) is 4.72. The normalized spacial score (nSPS) is 15.3. The molecular weight excluding hydrogens is 298 g/mol. The van der Waals surface area contributed by atoms with Gasteiger partial charge in [-0.3, -0.25) is 4.79 Å². The first kappa shape index (κ1) is 16.6. The van der Waals surface area contributed by atoms with Crippen molar-refractivity contribution < 1.29 is 9.53 Å². The zero-order chi connectivity index (χ0) is 16.8. The van der Waals surface area contributed by atoms with Crippen molar-refractivity contribution in [3.05, 3.63) is 65.7 Å². The summed E-state index contributed by atoms with van der Waals surface area (Å²) in [6, 6.07) is 18.4. The van der Waals surface area contributed by atoms with Gasteiger partial charge in [-0.2, -0.15) is 0 Å². The summed E-state index contributed by atoms with van der Waals surface area (Å²) < 4.78 is 5.61. The first-order valence-electron chi connectivity index (χ1n) is 8.72. The Hall–Kier alpha value is -2.29. The summed E-state index contributed by atoms with van der Waals surface area (Å²) in [6.07, 6.45) is 3.26. The summed E-state index contributed by atoms with van der Waals surface area (Å²) in [6.45, 7) is 3.85. The van der Waals surface area contributed by atoms with E-state index in [4.69, 9.17) is 4.74 Å². The first-order valence-corrected chi connectivity index (χ1v) is 8.72. The van der Waals surface area contributed by atoms with Gasteiger partial charge < -0.3 is 9.64 Å². The summed E-state index contributed by atoms with van der Waals surface area (Å²) >= 11 is 0. The van der Waals surface area contributed by atoms with E-state index in [0.29, 0.717) is 5.92 Å². The van der Waals surface area contributed by atoms with Gasteiger partial charge in [-0.1, -0.05) is 48.0 Å². The van der Waals surface area contributed by atoms with Gasteiger partial charge in [0.2, 0.25) is 0 Å². The Morgan fingerprint density at radius 2 is 1.71 bits per heavy atom. The second kappa shape index (κ2) is 8.00. The number of nitrogens with zero attached hydrogens (tertiary/aromatic N) is 1. The number of hydrogen-bond donors (Lipinski definition) is 0. The summed E-state index contributed by atoms with van der Waals surface area (Å²) in [5, 5.41) is 0. The highest BCUT2D eigenvalue weighted by molar-refractivity contribution is 5.77. The van der Waals surface area contributed by atoms with Crippen LogP contribution < -0.4 is 4.74 Å². The molecule has 126 valence electrons. The van der Waals surface area contributed by atoms with Crippen LogP contribution in [0.2, 0.25) is 0 Å². The summed E-state index contributed by atoms with van der Waals surface area (Å²) in [5.74, 6) is 1.52. The fourth-order valence-electron chi connectivity index (χ4n) is 3.20. The van der Waals surface area contributed by atoms with Gasteiger partial charge in [0.15, 0.2) is 6.61 Å². The lowest BCUT2D eigenvalue weighted by atomic mass is 9.90. The highest BCUT2D eigenvalue weighted by Gasteiger charge is 2.23. The van der Waals surface area contributed by atoms with Crippen LogP contribution >= 0.6 is 0 Å². The predicted octanol–water partition coefficient (Wildman–Crippen LogP) is 3.86. The van der Waals surface area contributed by atoms with E-state index in [1.807, 2.05) is 36.1 Å². The Bertz CT molecular complexity index is 643. The Labute approximate surface area is 144 Å². The molecule has 2 aromatic rings. The van der Waals surface area contributed by atoms with Crippen LogP contribution in [0.25, 0.3) is 0 Å². The zero-order valence-corrected chi connectivity index (χ0v) is 14.3. The molecule has 2 aromatic carbocycles. The van der Waals surface area contributed by atoms with Crippen molar-refractivity contribution in [3.63, 3.8) is 0 Å². The van der Waals surface area contributed by atoms with E-state index < -0.39 is 0 Å². The molecule has 0 aliphatic carbocycles. The number of amides is 1. The maximum Gasteiger partial charge on any atom is 0.260 e. The number of piperidine rings is 1. The Balaban J connectivity index is 1.42. The van der Waals surface area contributed by atoms with Crippen molar-refractivity contribution in [2.45, 2.75) is 26.2 Å². The number of carbonyl (C=O) groups is 1. The first-order chi connectivity index (χ1) is 11.7. The van der Waals surface area contributed by atoms with Crippen molar-refractivity contribution >= 4 is 5.91 Å². The van der Waals surface area contributed by atoms with Crippen molar-refractivity contribution in [2.24, 2.45) is 5.92 Å². The predicted molar refractivity (Wildman–Crippen MR) is 96.1 cm³/mol. The van der Waals surface area contributed by atoms with Crippen LogP contribution in [0.3, 0.4) is 0 Å². The van der Waals surface area contributed by atoms with Gasteiger partial charge in [-0.25, -0.2) is 0 Å². The molecule has 1 aliphatic heterocycles. The molecular formula is C21H25NO2. The minimum atomic E-state index is 0.0914. The molecule has 1 fully saturated rings. The molecule has 3 rings (SSSR count). The molecule has 1 aliphatic rings. The molecule has 0 N–H and O–H groups in total. The largest absolute Gasteiger partial charge is 0.484 e. The van der Waals surface area contributed by atoms with E-state index in [2.05, 4.69) is 30.3 Å². The molecule has 1 amide bonds. The Morgan fingerprint density at radius 1 is 1.04 bits per heavy atom. The smallest absolute Gasteiger partial charge is 0.260 e. The second-order valence-corrected chi connectivity index (χ2v) is 6.62. The number of ether oxygens (including phenoxy) is 1. The average molecular weight is 323 g/mol. The SMILES string of the molecule is Cc1ccc(OCC(=O)N2CCC(Cc3ccccc3)CC2)cc1. The fraction of sp³-hybridized carbons (Fsp3) is 0.381. The molecule has 0 aromatic heterocycles. The molecule has 0 radical (unpaired) electrons. The maximum atomic E-state index is 12.3. The Kier molecular flexibility index (Phi) is 5.52. The van der Waals surface area contributed by atoms with E-state index in [9.17, 15) is 4.79 Å². The fourth-order valence-corrected chi connectivity index (χ4v) is 3.20. The number of benzene rings is 2. The van der Waals surface area contributed by atoms with Crippen LogP contribution in [0.4, 0.5) is 0 Å². The van der Waals surface area contributed by atoms with Gasteiger partial charge in [-0.15, -0.1) is 0 Å². The van der Waals surface area contributed by atoms with E-state index >= 15 is 0 Å². The van der Waals surface area contributed by atoms with Crippen LogP contribution in [0.5, 0.6) is 5.75 Å². The number of aryl methyl sites for hydroxylation is 1. The molecule has 3 nitrogen and oxygen atoms in total. The molecule has 0 atom stereocenters. The minimum Gasteiger partial charge on any atom is -0.484 e. The van der Waals surface area contributed by atoms with Gasteiger partial charge in [-0.05, 0) is 49.8 Å². The van der Waals surface area contributed by atoms with E-state index in [-0.39, 0.29) is 12.5 Å². The van der Waals surface area contributed by atoms with E-state index in [1.165, 1.54) is 11.1 Å². The van der Waals surface area contributed by atoms with Crippen LogP contribution in [0, 0.1) is 12.8 Å². The standard InChI is InChI=1S/C21H25NO2/c1-17-7-9-20(10-8-17)24-16-21(23)22-13-11-19(12-14-22)15-18-5-3-2-4-6-18/h2-10,19H,11-16H2,1H3. The van der Waals surface area contributed by atoms with Gasteiger partial charge >= 0.3 is 0 Å². The molecule has 0 spiro atoms. The highest BCUT2D eigenvalue weighted by atomic mass is 16.5. The number of carbonyl (C=O) groups excluding carboxylic acids is 1. The molecule has 0 bridgehead atoms. The lowest BCUT2D eigenvalue weighted by Crippen LogP contribution is -2.41. The topological polar surface area (TPSA) is 29.5 Å². The van der Waals surface area contributed by atoms with E-state index in [0.717, 1.165) is 38.1 Å². The van der Waals surface area contributed by atoms with Crippen molar-refractivity contribution in [3.8, 4) is 5.75 Å². The zero-order valence-electron chi connectivity index (χ0n) is 14.3. The van der Waals surface area contributed by atoms with Crippen LogP contribution in [0.1, 0.15) is 24.0 Å². The molecule has 0 saturated carbocycles. The van der Waals surface area contributed by atoms with Gasteiger partial charge in [0.25, 0.3) is 5.91 Å². The molecule has 0 unspecified atom stereocenters. The van der Waals surface area contributed by atoms with Crippen LogP contribution in [0.15, 0.2) is 54.6 Å². The van der Waals surface area contributed by atoms with Gasteiger partial charge in [0.05, 0.1) is 0 Å². The summed E-state index contributed by atoms with van der Waals surface area (Å²) in [7, 11) is 0. The monoisotopic (exact) mass is 323 g/mol. The summed E-state index contributed by atoms with van der Waals surface area (Å²) in [5.41, 5.74) is 2.58.